The highest BCUT2D eigenvalue weighted by molar-refractivity contribution is 9.13. The molecule has 0 aliphatic carbocycles. The van der Waals surface area contributed by atoms with Gasteiger partial charge < -0.3 is 5.32 Å². The lowest BCUT2D eigenvalue weighted by molar-refractivity contribution is 0.606. The topological polar surface area (TPSA) is 12.0 Å². The van der Waals surface area contributed by atoms with Crippen LogP contribution in [-0.2, 0) is 0 Å². The minimum absolute atomic E-state index is 0.104. The lowest BCUT2D eigenvalue weighted by Gasteiger charge is -2.19. The number of thiophene rings is 1. The summed E-state index contributed by atoms with van der Waals surface area (Å²) >= 11 is 18.8. The van der Waals surface area contributed by atoms with Crippen LogP contribution in [0.25, 0.3) is 0 Å². The predicted octanol–water partition coefficient (Wildman–Crippen LogP) is 6.78. The average molecular weight is 502 g/mol. The number of hydrogen-bond acceptors (Lipinski definition) is 2. The van der Waals surface area contributed by atoms with Crippen LogP contribution in [0, 0.1) is 0 Å². The molecule has 1 heterocycles. The van der Waals surface area contributed by atoms with Gasteiger partial charge in [-0.3, -0.25) is 0 Å². The summed E-state index contributed by atoms with van der Waals surface area (Å²) in [4.78, 5) is 1.23. The molecule has 1 N–H and O–H groups in total. The molecule has 0 aliphatic heterocycles. The highest BCUT2D eigenvalue weighted by Crippen LogP contribution is 2.40. The molecule has 108 valence electrons. The zero-order chi connectivity index (χ0) is 14.7. The van der Waals surface area contributed by atoms with Gasteiger partial charge in [-0.05, 0) is 78.5 Å². The van der Waals surface area contributed by atoms with E-state index in [2.05, 4.69) is 72.2 Å². The van der Waals surface area contributed by atoms with Crippen LogP contribution in [0.4, 0.5) is 0 Å². The zero-order valence-corrected chi connectivity index (χ0v) is 17.1. The van der Waals surface area contributed by atoms with Crippen molar-refractivity contribution in [3.05, 3.63) is 52.5 Å². The molecule has 1 nitrogen and oxygen atoms in total. The molecule has 0 saturated carbocycles. The number of benzene rings is 1. The van der Waals surface area contributed by atoms with E-state index >= 15 is 0 Å². The number of hydrogen-bond donors (Lipinski definition) is 1. The van der Waals surface area contributed by atoms with Gasteiger partial charge in [-0.15, -0.1) is 11.3 Å². The van der Waals surface area contributed by atoms with Crippen molar-refractivity contribution in [2.75, 3.05) is 6.54 Å². The third kappa shape index (κ3) is 3.87. The summed E-state index contributed by atoms with van der Waals surface area (Å²) < 4.78 is 3.10. The summed E-state index contributed by atoms with van der Waals surface area (Å²) in [6.07, 6.45) is 1.08. The smallest absolute Gasteiger partial charge is 0.0843 e. The Bertz CT molecular complexity index is 581. The summed E-state index contributed by atoms with van der Waals surface area (Å²) in [6.45, 7) is 3.10. The molecule has 0 radical (unpaired) electrons. The highest BCUT2D eigenvalue weighted by atomic mass is 79.9. The normalized spacial score (nSPS) is 12.7. The molecule has 1 unspecified atom stereocenters. The van der Waals surface area contributed by atoms with Gasteiger partial charge in [-0.25, -0.2) is 0 Å². The van der Waals surface area contributed by atoms with E-state index in [4.69, 9.17) is 11.6 Å². The van der Waals surface area contributed by atoms with Crippen molar-refractivity contribution < 1.29 is 0 Å². The molecule has 2 rings (SSSR count). The Hall–Kier alpha value is 0.610. The Balaban J connectivity index is 2.44. The summed E-state index contributed by atoms with van der Waals surface area (Å²) in [7, 11) is 0. The monoisotopic (exact) mass is 499 g/mol. The number of nitrogens with one attached hydrogen (secondary N) is 1. The minimum atomic E-state index is 0.104. The van der Waals surface area contributed by atoms with Crippen LogP contribution >= 0.6 is 70.7 Å². The second kappa shape index (κ2) is 7.75. The first-order chi connectivity index (χ1) is 9.54. The molecular weight excluding hydrogens is 489 g/mol. The van der Waals surface area contributed by atoms with Gasteiger partial charge in [0.05, 0.1) is 14.9 Å². The molecule has 0 spiro atoms. The van der Waals surface area contributed by atoms with Crippen molar-refractivity contribution in [1.29, 1.82) is 0 Å². The Morgan fingerprint density at radius 2 is 2.00 bits per heavy atom. The van der Waals surface area contributed by atoms with Gasteiger partial charge in [-0.1, -0.05) is 30.7 Å². The van der Waals surface area contributed by atoms with Gasteiger partial charge in [0.15, 0.2) is 0 Å². The molecule has 20 heavy (non-hydrogen) atoms. The fourth-order valence-electron chi connectivity index (χ4n) is 1.90. The third-order valence-electron chi connectivity index (χ3n) is 2.84. The summed E-state index contributed by atoms with van der Waals surface area (Å²) in [5.41, 5.74) is 1.09. The average Bonchev–Trinajstić information content (AvgIpc) is 2.74. The van der Waals surface area contributed by atoms with Crippen LogP contribution in [0.2, 0.25) is 5.02 Å². The second-order valence-corrected chi connectivity index (χ2v) is 8.79. The van der Waals surface area contributed by atoms with E-state index in [0.29, 0.717) is 0 Å². The largest absolute Gasteiger partial charge is 0.306 e. The van der Waals surface area contributed by atoms with Crippen LogP contribution in [0.5, 0.6) is 0 Å². The summed E-state index contributed by atoms with van der Waals surface area (Å²) in [5.74, 6) is 0. The lowest BCUT2D eigenvalue weighted by atomic mass is 10.1. The predicted molar refractivity (Wildman–Crippen MR) is 99.0 cm³/mol. The van der Waals surface area contributed by atoms with E-state index in [1.54, 1.807) is 11.3 Å². The van der Waals surface area contributed by atoms with E-state index in [-0.39, 0.29) is 6.04 Å². The van der Waals surface area contributed by atoms with Crippen LogP contribution in [0.3, 0.4) is 0 Å². The van der Waals surface area contributed by atoms with Gasteiger partial charge in [0, 0.05) is 13.8 Å². The van der Waals surface area contributed by atoms with E-state index in [0.717, 1.165) is 36.3 Å². The third-order valence-corrected chi connectivity index (χ3v) is 7.47. The first-order valence-corrected chi connectivity index (χ1v) is 9.74. The van der Waals surface area contributed by atoms with Crippen molar-refractivity contribution in [3.63, 3.8) is 0 Å². The fourth-order valence-corrected chi connectivity index (χ4v) is 4.70. The van der Waals surface area contributed by atoms with Crippen LogP contribution in [0.15, 0.2) is 37.0 Å². The SMILES string of the molecule is CCCNC(c1cc(Br)c(Br)s1)c1cccc(Br)c1Cl. The highest BCUT2D eigenvalue weighted by Gasteiger charge is 2.20. The first-order valence-electron chi connectivity index (χ1n) is 6.16. The van der Waals surface area contributed by atoms with Gasteiger partial charge >= 0.3 is 0 Å². The molecule has 1 aromatic carbocycles. The molecule has 2 aromatic rings. The standard InChI is InChI=1S/C14H13Br3ClNS/c1-2-6-19-13(11-7-10(16)14(17)20-11)8-4-3-5-9(15)12(8)18/h3-5,7,13,19H,2,6H2,1H3. The fraction of sp³-hybridized carbons (Fsp3) is 0.286. The zero-order valence-electron chi connectivity index (χ0n) is 10.7. The van der Waals surface area contributed by atoms with Crippen molar-refractivity contribution in [2.24, 2.45) is 0 Å². The summed E-state index contributed by atoms with van der Waals surface area (Å²) in [6, 6.07) is 8.29. The Labute approximate surface area is 153 Å². The molecule has 0 bridgehead atoms. The van der Waals surface area contributed by atoms with Crippen LogP contribution < -0.4 is 5.32 Å². The molecular formula is C14H13Br3ClNS. The van der Waals surface area contributed by atoms with Gasteiger partial charge in [0.1, 0.15) is 0 Å². The molecule has 1 atom stereocenters. The Morgan fingerprint density at radius 3 is 2.60 bits per heavy atom. The Kier molecular flexibility index (Phi) is 6.57. The van der Waals surface area contributed by atoms with E-state index < -0.39 is 0 Å². The van der Waals surface area contributed by atoms with Gasteiger partial charge in [0.25, 0.3) is 0 Å². The lowest BCUT2D eigenvalue weighted by Crippen LogP contribution is -2.22. The maximum Gasteiger partial charge on any atom is 0.0843 e. The van der Waals surface area contributed by atoms with Crippen molar-refractivity contribution in [3.8, 4) is 0 Å². The van der Waals surface area contributed by atoms with Crippen LogP contribution in [0.1, 0.15) is 29.8 Å². The van der Waals surface area contributed by atoms with Crippen LogP contribution in [-0.4, -0.2) is 6.54 Å². The van der Waals surface area contributed by atoms with Crippen molar-refractivity contribution in [1.82, 2.24) is 5.32 Å². The van der Waals surface area contributed by atoms with Crippen molar-refractivity contribution in [2.45, 2.75) is 19.4 Å². The maximum atomic E-state index is 6.46. The van der Waals surface area contributed by atoms with Crippen molar-refractivity contribution >= 4 is 70.7 Å². The quantitative estimate of drug-likeness (QED) is 0.476. The van der Waals surface area contributed by atoms with E-state index in [1.165, 1.54) is 4.88 Å². The first kappa shape index (κ1) is 17.0. The molecule has 0 fully saturated rings. The molecule has 0 saturated heterocycles. The maximum absolute atomic E-state index is 6.46. The molecule has 0 amide bonds. The minimum Gasteiger partial charge on any atom is -0.306 e. The molecule has 6 heteroatoms. The van der Waals surface area contributed by atoms with E-state index in [9.17, 15) is 0 Å². The number of rotatable bonds is 5. The van der Waals surface area contributed by atoms with E-state index in [1.807, 2.05) is 12.1 Å². The molecule has 1 aromatic heterocycles. The Morgan fingerprint density at radius 1 is 1.25 bits per heavy atom. The van der Waals surface area contributed by atoms with Gasteiger partial charge in [0.2, 0.25) is 0 Å². The molecule has 0 aliphatic rings. The number of halogens is 4. The second-order valence-electron chi connectivity index (χ2n) is 4.30. The summed E-state index contributed by atoms with van der Waals surface area (Å²) in [5, 5.41) is 4.34. The van der Waals surface area contributed by atoms with Gasteiger partial charge in [-0.2, -0.15) is 0 Å².